The number of rotatable bonds is 8. The van der Waals surface area contributed by atoms with Crippen molar-refractivity contribution in [3.63, 3.8) is 0 Å². The molecule has 0 atom stereocenters. The van der Waals surface area contributed by atoms with Gasteiger partial charge in [0, 0.05) is 33.2 Å². The van der Waals surface area contributed by atoms with E-state index in [-0.39, 0.29) is 0 Å². The molecular formula is C10H20N4O. The highest BCUT2D eigenvalue weighted by Gasteiger charge is 2.01. The second-order valence-corrected chi connectivity index (χ2v) is 3.39. The Kier molecular flexibility index (Phi) is 5.96. The molecule has 0 spiro atoms. The van der Waals surface area contributed by atoms with Crippen LogP contribution in [0.2, 0.25) is 0 Å². The van der Waals surface area contributed by atoms with Crippen molar-refractivity contribution < 1.29 is 4.74 Å². The summed E-state index contributed by atoms with van der Waals surface area (Å²) in [5.41, 5.74) is 0. The van der Waals surface area contributed by atoms with E-state index in [2.05, 4.69) is 22.3 Å². The van der Waals surface area contributed by atoms with E-state index in [1.54, 1.807) is 13.4 Å². The summed E-state index contributed by atoms with van der Waals surface area (Å²) < 4.78 is 6.92. The van der Waals surface area contributed by atoms with Gasteiger partial charge in [0.15, 0.2) is 0 Å². The molecule has 0 bridgehead atoms. The Morgan fingerprint density at radius 3 is 3.07 bits per heavy atom. The van der Waals surface area contributed by atoms with Crippen molar-refractivity contribution in [1.29, 1.82) is 0 Å². The fraction of sp³-hybridized carbons (Fsp3) is 0.800. The average molecular weight is 212 g/mol. The number of aromatic nitrogens is 3. The molecular weight excluding hydrogens is 192 g/mol. The molecule has 0 aliphatic rings. The van der Waals surface area contributed by atoms with Gasteiger partial charge in [0.05, 0.1) is 6.61 Å². The third-order valence-electron chi connectivity index (χ3n) is 2.14. The first-order valence-corrected chi connectivity index (χ1v) is 5.44. The minimum Gasteiger partial charge on any atom is -0.383 e. The minimum atomic E-state index is 0.752. The summed E-state index contributed by atoms with van der Waals surface area (Å²) in [6, 6.07) is 0. The molecule has 1 N–H and O–H groups in total. The van der Waals surface area contributed by atoms with Crippen LogP contribution in [0.5, 0.6) is 0 Å². The number of aryl methyl sites for hydroxylation is 1. The molecule has 86 valence electrons. The number of nitrogens with one attached hydrogen (secondary N) is 1. The van der Waals surface area contributed by atoms with Gasteiger partial charge in [0.1, 0.15) is 12.2 Å². The number of ether oxygens (including phenoxy) is 1. The van der Waals surface area contributed by atoms with E-state index in [1.165, 1.54) is 0 Å². The van der Waals surface area contributed by atoms with Crippen molar-refractivity contribution in [2.24, 2.45) is 0 Å². The van der Waals surface area contributed by atoms with Crippen LogP contribution in [0.15, 0.2) is 6.33 Å². The Hall–Kier alpha value is -0.940. The van der Waals surface area contributed by atoms with E-state index in [9.17, 15) is 0 Å². The molecule has 0 amide bonds. The van der Waals surface area contributed by atoms with Crippen molar-refractivity contribution in [3.05, 3.63) is 12.2 Å². The molecule has 0 aliphatic heterocycles. The predicted molar refractivity (Wildman–Crippen MR) is 58.8 cm³/mol. The van der Waals surface area contributed by atoms with Crippen LogP contribution in [0.25, 0.3) is 0 Å². The summed E-state index contributed by atoms with van der Waals surface area (Å²) in [4.78, 5) is 4.23. The summed E-state index contributed by atoms with van der Waals surface area (Å²) in [7, 11) is 1.71. The first kappa shape index (κ1) is 12.1. The summed E-state index contributed by atoms with van der Waals surface area (Å²) in [5.74, 6) is 1.06. The zero-order chi connectivity index (χ0) is 10.9. The lowest BCUT2D eigenvalue weighted by atomic mass is 10.4. The van der Waals surface area contributed by atoms with Crippen LogP contribution in [-0.4, -0.2) is 41.6 Å². The van der Waals surface area contributed by atoms with Gasteiger partial charge in [0.25, 0.3) is 0 Å². The average Bonchev–Trinajstić information content (AvgIpc) is 2.66. The van der Waals surface area contributed by atoms with Crippen molar-refractivity contribution in [1.82, 2.24) is 20.1 Å². The van der Waals surface area contributed by atoms with Crippen LogP contribution in [0.1, 0.15) is 19.2 Å². The molecule has 0 unspecified atom stereocenters. The third kappa shape index (κ3) is 4.40. The number of hydrogen-bond donors (Lipinski definition) is 1. The second-order valence-electron chi connectivity index (χ2n) is 3.39. The zero-order valence-electron chi connectivity index (χ0n) is 9.57. The van der Waals surface area contributed by atoms with Crippen LogP contribution in [0, 0.1) is 0 Å². The standard InChI is InChI=1S/C10H20N4O/c1-3-7-14-10(12-9-13-14)4-5-11-6-8-15-2/h9,11H,3-8H2,1-2H3. The smallest absolute Gasteiger partial charge is 0.138 e. The maximum Gasteiger partial charge on any atom is 0.138 e. The Morgan fingerprint density at radius 1 is 1.47 bits per heavy atom. The molecule has 5 heteroatoms. The summed E-state index contributed by atoms with van der Waals surface area (Å²) in [6.07, 6.45) is 3.64. The van der Waals surface area contributed by atoms with Crippen LogP contribution in [0.4, 0.5) is 0 Å². The van der Waals surface area contributed by atoms with Crippen molar-refractivity contribution >= 4 is 0 Å². The maximum atomic E-state index is 4.95. The van der Waals surface area contributed by atoms with Crippen molar-refractivity contribution in [3.8, 4) is 0 Å². The SMILES string of the molecule is CCCn1ncnc1CCNCCOC. The van der Waals surface area contributed by atoms with Crippen LogP contribution >= 0.6 is 0 Å². The van der Waals surface area contributed by atoms with Gasteiger partial charge < -0.3 is 10.1 Å². The molecule has 0 aliphatic carbocycles. The zero-order valence-corrected chi connectivity index (χ0v) is 9.57. The molecule has 0 fully saturated rings. The first-order chi connectivity index (χ1) is 7.38. The molecule has 1 aromatic heterocycles. The van der Waals surface area contributed by atoms with E-state index in [0.29, 0.717) is 0 Å². The van der Waals surface area contributed by atoms with E-state index in [4.69, 9.17) is 4.74 Å². The molecule has 5 nitrogen and oxygen atoms in total. The minimum absolute atomic E-state index is 0.752. The Labute approximate surface area is 90.8 Å². The normalized spacial score (nSPS) is 10.8. The first-order valence-electron chi connectivity index (χ1n) is 5.44. The van der Waals surface area contributed by atoms with Crippen LogP contribution < -0.4 is 5.32 Å². The lowest BCUT2D eigenvalue weighted by molar-refractivity contribution is 0.199. The molecule has 15 heavy (non-hydrogen) atoms. The number of hydrogen-bond acceptors (Lipinski definition) is 4. The van der Waals surface area contributed by atoms with Gasteiger partial charge in [-0.3, -0.25) is 4.68 Å². The second kappa shape index (κ2) is 7.36. The third-order valence-corrected chi connectivity index (χ3v) is 2.14. The van der Waals surface area contributed by atoms with Gasteiger partial charge in [-0.05, 0) is 6.42 Å². The Morgan fingerprint density at radius 2 is 2.33 bits per heavy atom. The molecule has 1 aromatic rings. The highest BCUT2D eigenvalue weighted by Crippen LogP contribution is 1.96. The highest BCUT2D eigenvalue weighted by molar-refractivity contribution is 4.85. The van der Waals surface area contributed by atoms with Gasteiger partial charge in [-0.2, -0.15) is 5.10 Å². The Bertz CT molecular complexity index is 262. The topological polar surface area (TPSA) is 52.0 Å². The largest absolute Gasteiger partial charge is 0.383 e. The lowest BCUT2D eigenvalue weighted by Crippen LogP contribution is -2.23. The molecule has 1 heterocycles. The summed E-state index contributed by atoms with van der Waals surface area (Å²) in [6.45, 7) is 5.65. The highest BCUT2D eigenvalue weighted by atomic mass is 16.5. The van der Waals surface area contributed by atoms with E-state index >= 15 is 0 Å². The van der Waals surface area contributed by atoms with Crippen LogP contribution in [-0.2, 0) is 17.7 Å². The van der Waals surface area contributed by atoms with Gasteiger partial charge in [0.2, 0.25) is 0 Å². The van der Waals surface area contributed by atoms with E-state index < -0.39 is 0 Å². The predicted octanol–water partition coefficient (Wildman–Crippen LogP) is 0.467. The molecule has 0 aromatic carbocycles. The number of methoxy groups -OCH3 is 1. The maximum absolute atomic E-state index is 4.95. The van der Waals surface area contributed by atoms with Gasteiger partial charge in [-0.1, -0.05) is 6.92 Å². The number of nitrogens with zero attached hydrogens (tertiary/aromatic N) is 3. The van der Waals surface area contributed by atoms with Crippen LogP contribution in [0.3, 0.4) is 0 Å². The fourth-order valence-corrected chi connectivity index (χ4v) is 1.38. The van der Waals surface area contributed by atoms with E-state index in [1.807, 2.05) is 4.68 Å². The lowest BCUT2D eigenvalue weighted by Gasteiger charge is -2.05. The van der Waals surface area contributed by atoms with Gasteiger partial charge in [-0.25, -0.2) is 4.98 Å². The van der Waals surface area contributed by atoms with Crippen molar-refractivity contribution in [2.45, 2.75) is 26.3 Å². The molecule has 0 radical (unpaired) electrons. The quantitative estimate of drug-likeness (QED) is 0.636. The summed E-state index contributed by atoms with van der Waals surface area (Å²) >= 11 is 0. The Balaban J connectivity index is 2.21. The fourth-order valence-electron chi connectivity index (χ4n) is 1.38. The molecule has 1 rings (SSSR count). The monoisotopic (exact) mass is 212 g/mol. The van der Waals surface area contributed by atoms with Gasteiger partial charge in [-0.15, -0.1) is 0 Å². The van der Waals surface area contributed by atoms with E-state index in [0.717, 1.165) is 44.9 Å². The molecule has 0 saturated heterocycles. The summed E-state index contributed by atoms with van der Waals surface area (Å²) in [5, 5.41) is 7.46. The molecule has 0 saturated carbocycles. The van der Waals surface area contributed by atoms with Crippen molar-refractivity contribution in [2.75, 3.05) is 26.8 Å². The van der Waals surface area contributed by atoms with Gasteiger partial charge >= 0.3 is 0 Å².